The second kappa shape index (κ2) is 7.13. The van der Waals surface area contributed by atoms with E-state index in [2.05, 4.69) is 15.3 Å². The van der Waals surface area contributed by atoms with Crippen molar-refractivity contribution in [3.8, 4) is 0 Å². The number of ether oxygens (including phenoxy) is 1. The predicted molar refractivity (Wildman–Crippen MR) is 113 cm³/mol. The third-order valence-electron chi connectivity index (χ3n) is 5.01. The molecule has 0 aliphatic carbocycles. The fraction of sp³-hybridized carbons (Fsp3) is 0.400. The maximum Gasteiger partial charge on any atom is 0.407 e. The number of carbonyl (C=O) groups is 1. The Morgan fingerprint density at radius 3 is 2.73 bits per heavy atom. The number of aromatic amines is 2. The van der Waals surface area contributed by atoms with Gasteiger partial charge in [0, 0.05) is 41.6 Å². The van der Waals surface area contributed by atoms with Crippen LogP contribution in [0, 0.1) is 0 Å². The molecule has 0 spiro atoms. The molecule has 1 atom stereocenters. The third-order valence-corrected chi connectivity index (χ3v) is 6.87. The number of rotatable bonds is 3. The van der Waals surface area contributed by atoms with Crippen LogP contribution in [0.15, 0.2) is 40.2 Å². The first kappa shape index (κ1) is 20.4. The third kappa shape index (κ3) is 3.80. The number of benzene rings is 1. The smallest absolute Gasteiger partial charge is 0.407 e. The van der Waals surface area contributed by atoms with Gasteiger partial charge in [-0.1, -0.05) is 0 Å². The first-order valence-electron chi connectivity index (χ1n) is 9.67. The van der Waals surface area contributed by atoms with Gasteiger partial charge in [-0.25, -0.2) is 13.2 Å². The van der Waals surface area contributed by atoms with Crippen molar-refractivity contribution in [3.63, 3.8) is 0 Å². The fourth-order valence-electron chi connectivity index (χ4n) is 3.67. The van der Waals surface area contributed by atoms with E-state index in [9.17, 15) is 18.0 Å². The first-order chi connectivity index (χ1) is 14.0. The number of nitrogens with one attached hydrogen (secondary N) is 3. The molecule has 9 nitrogen and oxygen atoms in total. The molecule has 2 aromatic heterocycles. The van der Waals surface area contributed by atoms with Crippen LogP contribution < -0.4 is 10.9 Å². The number of H-pyrrole nitrogens is 2. The molecule has 160 valence electrons. The molecule has 1 amide bonds. The summed E-state index contributed by atoms with van der Waals surface area (Å²) in [6.45, 7) is 5.78. The van der Waals surface area contributed by atoms with Crippen LogP contribution in [0.2, 0.25) is 0 Å². The summed E-state index contributed by atoms with van der Waals surface area (Å²) >= 11 is 0. The minimum Gasteiger partial charge on any atom is -0.444 e. The summed E-state index contributed by atoms with van der Waals surface area (Å²) in [5.41, 5.74) is 0.0925. The fourth-order valence-corrected chi connectivity index (χ4v) is 5.20. The summed E-state index contributed by atoms with van der Waals surface area (Å²) in [6, 6.07) is 6.09. The van der Waals surface area contributed by atoms with Gasteiger partial charge in [-0.05, 0) is 51.5 Å². The van der Waals surface area contributed by atoms with Gasteiger partial charge in [-0.15, -0.1) is 0 Å². The van der Waals surface area contributed by atoms with Crippen LogP contribution >= 0.6 is 0 Å². The van der Waals surface area contributed by atoms with E-state index in [-0.39, 0.29) is 23.0 Å². The van der Waals surface area contributed by atoms with Crippen LogP contribution in [-0.4, -0.2) is 53.5 Å². The molecule has 3 N–H and O–H groups in total. The van der Waals surface area contributed by atoms with E-state index in [1.807, 2.05) is 0 Å². The molecule has 0 saturated carbocycles. The molecular weight excluding hydrogens is 408 g/mol. The minimum atomic E-state index is -3.76. The Morgan fingerprint density at radius 1 is 1.23 bits per heavy atom. The molecular formula is C20H24N4O5S. The molecule has 0 bridgehead atoms. The predicted octanol–water partition coefficient (Wildman–Crippen LogP) is 2.30. The normalized spacial score (nSPS) is 18.2. The summed E-state index contributed by atoms with van der Waals surface area (Å²) in [4.78, 5) is 29.9. The SMILES string of the molecule is CC(C)(C)OC(=O)N[C@@H]1CCN(S(=O)(=O)c2ccc3[nH]c(=O)c4[nH]ccc4c3c2)C1. The maximum atomic E-state index is 13.2. The topological polar surface area (TPSA) is 124 Å². The van der Waals surface area contributed by atoms with E-state index in [1.165, 1.54) is 10.4 Å². The molecule has 1 aromatic carbocycles. The van der Waals surface area contributed by atoms with Crippen molar-refractivity contribution in [3.05, 3.63) is 40.8 Å². The standard InChI is InChI=1S/C20H24N4O5S/c1-20(2,3)29-19(26)22-12-7-9-24(11-12)30(27,28)13-4-5-16-15(10-13)14-6-8-21-17(14)18(25)23-16/h4-6,8,10,12,21H,7,9,11H2,1-3H3,(H,22,26)(H,23,25)/t12-/m1/s1. The molecule has 0 unspecified atom stereocenters. The number of sulfonamides is 1. The summed E-state index contributed by atoms with van der Waals surface area (Å²) in [7, 11) is -3.76. The van der Waals surface area contributed by atoms with Gasteiger partial charge in [0.15, 0.2) is 0 Å². The zero-order chi connectivity index (χ0) is 21.7. The number of hydrogen-bond donors (Lipinski definition) is 3. The van der Waals surface area contributed by atoms with Crippen molar-refractivity contribution in [1.82, 2.24) is 19.6 Å². The van der Waals surface area contributed by atoms with Crippen LogP contribution in [0.25, 0.3) is 21.8 Å². The highest BCUT2D eigenvalue weighted by molar-refractivity contribution is 7.89. The van der Waals surface area contributed by atoms with Gasteiger partial charge < -0.3 is 20.0 Å². The lowest BCUT2D eigenvalue weighted by molar-refractivity contribution is 0.0507. The lowest BCUT2D eigenvalue weighted by Gasteiger charge is -2.22. The van der Waals surface area contributed by atoms with Crippen molar-refractivity contribution in [2.45, 2.75) is 43.7 Å². The number of nitrogens with zero attached hydrogens (tertiary/aromatic N) is 1. The lowest BCUT2D eigenvalue weighted by Crippen LogP contribution is -2.41. The molecule has 3 heterocycles. The summed E-state index contributed by atoms with van der Waals surface area (Å²) < 4.78 is 33.0. The lowest BCUT2D eigenvalue weighted by atomic mass is 10.1. The van der Waals surface area contributed by atoms with Gasteiger partial charge in [0.1, 0.15) is 11.1 Å². The number of pyridine rings is 1. The van der Waals surface area contributed by atoms with Crippen molar-refractivity contribution in [2.75, 3.05) is 13.1 Å². The summed E-state index contributed by atoms with van der Waals surface area (Å²) in [6.07, 6.45) is 1.59. The number of alkyl carbamates (subject to hydrolysis) is 1. The quantitative estimate of drug-likeness (QED) is 0.586. The van der Waals surface area contributed by atoms with Gasteiger partial charge in [0.2, 0.25) is 10.0 Å². The number of hydrogen-bond acceptors (Lipinski definition) is 5. The van der Waals surface area contributed by atoms with Gasteiger partial charge in [0.25, 0.3) is 5.56 Å². The minimum absolute atomic E-state index is 0.141. The Kier molecular flexibility index (Phi) is 4.86. The average molecular weight is 433 g/mol. The summed E-state index contributed by atoms with van der Waals surface area (Å²) in [5, 5.41) is 4.05. The molecule has 10 heteroatoms. The van der Waals surface area contributed by atoms with E-state index in [1.54, 1.807) is 45.2 Å². The highest BCUT2D eigenvalue weighted by atomic mass is 32.2. The van der Waals surface area contributed by atoms with Gasteiger partial charge in [-0.3, -0.25) is 4.79 Å². The molecule has 1 fully saturated rings. The van der Waals surface area contributed by atoms with E-state index in [0.717, 1.165) is 0 Å². The average Bonchev–Trinajstić information content (AvgIpc) is 3.30. The Labute approximate surface area is 173 Å². The second-order valence-electron chi connectivity index (χ2n) is 8.42. The van der Waals surface area contributed by atoms with Crippen LogP contribution in [0.1, 0.15) is 27.2 Å². The molecule has 0 radical (unpaired) electrons. The molecule has 1 aliphatic heterocycles. The highest BCUT2D eigenvalue weighted by Crippen LogP contribution is 2.27. The molecule has 1 saturated heterocycles. The number of aromatic nitrogens is 2. The van der Waals surface area contributed by atoms with Gasteiger partial charge in [-0.2, -0.15) is 4.31 Å². The van der Waals surface area contributed by atoms with Crippen LogP contribution in [-0.2, 0) is 14.8 Å². The van der Waals surface area contributed by atoms with Crippen molar-refractivity contribution in [2.24, 2.45) is 0 Å². The largest absolute Gasteiger partial charge is 0.444 e. The van der Waals surface area contributed by atoms with Crippen LogP contribution in [0.5, 0.6) is 0 Å². The Hall–Kier alpha value is -2.85. The van der Waals surface area contributed by atoms with Crippen LogP contribution in [0.4, 0.5) is 4.79 Å². The molecule has 30 heavy (non-hydrogen) atoms. The molecule has 4 rings (SSSR count). The Morgan fingerprint density at radius 2 is 2.00 bits per heavy atom. The number of fused-ring (bicyclic) bond motifs is 3. The molecule has 3 aromatic rings. The van der Waals surface area contributed by atoms with Gasteiger partial charge in [0.05, 0.1) is 4.90 Å². The Balaban J connectivity index is 1.58. The van der Waals surface area contributed by atoms with E-state index < -0.39 is 21.7 Å². The van der Waals surface area contributed by atoms with Crippen molar-refractivity contribution in [1.29, 1.82) is 0 Å². The molecule has 1 aliphatic rings. The van der Waals surface area contributed by atoms with E-state index in [4.69, 9.17) is 4.74 Å². The van der Waals surface area contributed by atoms with E-state index >= 15 is 0 Å². The number of carbonyl (C=O) groups excluding carboxylic acids is 1. The zero-order valence-corrected chi connectivity index (χ0v) is 17.8. The maximum absolute atomic E-state index is 13.2. The summed E-state index contributed by atoms with van der Waals surface area (Å²) in [5.74, 6) is 0. The van der Waals surface area contributed by atoms with Crippen molar-refractivity contribution >= 4 is 37.9 Å². The van der Waals surface area contributed by atoms with E-state index in [0.29, 0.717) is 34.8 Å². The van der Waals surface area contributed by atoms with Gasteiger partial charge >= 0.3 is 6.09 Å². The van der Waals surface area contributed by atoms with Crippen LogP contribution in [0.3, 0.4) is 0 Å². The first-order valence-corrected chi connectivity index (χ1v) is 11.1. The Bertz CT molecular complexity index is 1290. The number of amides is 1. The monoisotopic (exact) mass is 432 g/mol. The zero-order valence-electron chi connectivity index (χ0n) is 17.0. The highest BCUT2D eigenvalue weighted by Gasteiger charge is 2.34. The van der Waals surface area contributed by atoms with Crippen molar-refractivity contribution < 1.29 is 17.9 Å². The second-order valence-corrected chi connectivity index (χ2v) is 10.4.